The molecule has 0 amide bonds. The average Bonchev–Trinajstić information content (AvgIpc) is 2.50. The summed E-state index contributed by atoms with van der Waals surface area (Å²) in [6.45, 7) is 15.4. The normalized spacial score (nSPS) is 15.2. The summed E-state index contributed by atoms with van der Waals surface area (Å²) in [6.07, 6.45) is 5.12. The van der Waals surface area contributed by atoms with E-state index in [9.17, 15) is 0 Å². The molecule has 0 aliphatic carbocycles. The van der Waals surface area contributed by atoms with E-state index in [0.29, 0.717) is 0 Å². The summed E-state index contributed by atoms with van der Waals surface area (Å²) in [4.78, 5) is 4.44. The highest BCUT2D eigenvalue weighted by molar-refractivity contribution is 6.14. The van der Waals surface area contributed by atoms with Gasteiger partial charge in [0.2, 0.25) is 0 Å². The van der Waals surface area contributed by atoms with Gasteiger partial charge in [0.05, 0.1) is 5.71 Å². The molecule has 0 aromatic carbocycles. The van der Waals surface area contributed by atoms with Gasteiger partial charge in [-0.1, -0.05) is 19.6 Å². The third kappa shape index (κ3) is 6.03. The number of nitrogens with zero attached hydrogens (tertiary/aromatic N) is 1. The number of allylic oxidation sites excluding steroid dienone is 7. The Morgan fingerprint density at radius 2 is 1.76 bits per heavy atom. The first-order valence-electron chi connectivity index (χ1n) is 7.51. The number of nitrogens with one attached hydrogen (secondary N) is 2. The first-order chi connectivity index (χ1) is 9.92. The topological polar surface area (TPSA) is 36.4 Å². The van der Waals surface area contributed by atoms with Crippen LogP contribution in [-0.2, 0) is 0 Å². The monoisotopic (exact) mass is 289 g/mol. The molecule has 3 heteroatoms. The predicted molar refractivity (Wildman–Crippen MR) is 95.7 cm³/mol. The second kappa shape index (κ2) is 10.0. The Bertz CT molecular complexity index is 477. The average molecular weight is 289 g/mol. The van der Waals surface area contributed by atoms with Gasteiger partial charge >= 0.3 is 0 Å². The van der Waals surface area contributed by atoms with Crippen molar-refractivity contribution in [2.45, 2.75) is 41.0 Å². The van der Waals surface area contributed by atoms with Gasteiger partial charge in [-0.05, 0) is 56.9 Å². The minimum atomic E-state index is 0.972. The number of rotatable bonds is 8. The van der Waals surface area contributed by atoms with Crippen molar-refractivity contribution < 1.29 is 0 Å². The standard InChI is InChI=1S/C18H31N3/c1-9-11-21-15(5)13(3)12-17(10-2)18(20-8)14(4)16(6)19-7/h10,12,19,21H,2,9,11H2,1,3-8H3/b15-13+,16-14+,17-12+,20-18?. The lowest BCUT2D eigenvalue weighted by molar-refractivity contribution is 0.763. The van der Waals surface area contributed by atoms with Crippen LogP contribution < -0.4 is 10.6 Å². The highest BCUT2D eigenvalue weighted by Gasteiger charge is 2.09. The van der Waals surface area contributed by atoms with E-state index in [1.165, 1.54) is 11.3 Å². The second-order valence-electron chi connectivity index (χ2n) is 5.11. The van der Waals surface area contributed by atoms with Gasteiger partial charge in [-0.3, -0.25) is 4.99 Å². The van der Waals surface area contributed by atoms with Crippen molar-refractivity contribution >= 4 is 5.71 Å². The molecule has 0 saturated carbocycles. The van der Waals surface area contributed by atoms with Crippen molar-refractivity contribution in [2.75, 3.05) is 20.6 Å². The molecule has 0 heterocycles. The summed E-state index contributed by atoms with van der Waals surface area (Å²) in [5, 5.41) is 6.59. The van der Waals surface area contributed by atoms with Crippen molar-refractivity contribution in [3.8, 4) is 0 Å². The number of hydrogen-bond donors (Lipinski definition) is 2. The van der Waals surface area contributed by atoms with E-state index in [4.69, 9.17) is 0 Å². The molecule has 21 heavy (non-hydrogen) atoms. The zero-order valence-electron chi connectivity index (χ0n) is 14.7. The van der Waals surface area contributed by atoms with E-state index in [-0.39, 0.29) is 0 Å². The Morgan fingerprint density at radius 3 is 2.19 bits per heavy atom. The third-order valence-electron chi connectivity index (χ3n) is 3.61. The van der Waals surface area contributed by atoms with Gasteiger partial charge in [-0.25, -0.2) is 0 Å². The maximum Gasteiger partial charge on any atom is 0.0689 e. The van der Waals surface area contributed by atoms with E-state index >= 15 is 0 Å². The van der Waals surface area contributed by atoms with Gasteiger partial charge in [0.15, 0.2) is 0 Å². The Labute approximate surface area is 130 Å². The molecule has 0 unspecified atom stereocenters. The fourth-order valence-corrected chi connectivity index (χ4v) is 1.90. The first-order valence-corrected chi connectivity index (χ1v) is 7.51. The molecular formula is C18H31N3. The largest absolute Gasteiger partial charge is 0.391 e. The van der Waals surface area contributed by atoms with E-state index in [2.05, 4.69) is 62.9 Å². The Hall–Kier alpha value is -1.77. The minimum absolute atomic E-state index is 0.972. The van der Waals surface area contributed by atoms with Crippen LogP contribution in [0.25, 0.3) is 0 Å². The van der Waals surface area contributed by atoms with E-state index in [1.54, 1.807) is 0 Å². The molecule has 3 nitrogen and oxygen atoms in total. The van der Waals surface area contributed by atoms with E-state index < -0.39 is 0 Å². The van der Waals surface area contributed by atoms with Gasteiger partial charge in [0, 0.05) is 32.0 Å². The van der Waals surface area contributed by atoms with Crippen LogP contribution in [0.3, 0.4) is 0 Å². The predicted octanol–water partition coefficient (Wildman–Crippen LogP) is 3.98. The summed E-state index contributed by atoms with van der Waals surface area (Å²) in [5.41, 5.74) is 6.66. The summed E-state index contributed by atoms with van der Waals surface area (Å²) >= 11 is 0. The molecule has 118 valence electrons. The van der Waals surface area contributed by atoms with Gasteiger partial charge < -0.3 is 10.6 Å². The molecule has 0 aliphatic heterocycles. The molecule has 0 radical (unpaired) electrons. The van der Waals surface area contributed by atoms with Crippen LogP contribution >= 0.6 is 0 Å². The smallest absolute Gasteiger partial charge is 0.0689 e. The van der Waals surface area contributed by atoms with Crippen LogP contribution in [-0.4, -0.2) is 26.4 Å². The Balaban J connectivity index is 5.59. The highest BCUT2D eigenvalue weighted by atomic mass is 14.9. The molecule has 0 bridgehead atoms. The van der Waals surface area contributed by atoms with Crippen LogP contribution in [0.5, 0.6) is 0 Å². The van der Waals surface area contributed by atoms with E-state index in [0.717, 1.165) is 35.5 Å². The van der Waals surface area contributed by atoms with Crippen LogP contribution in [0.15, 0.2) is 51.8 Å². The molecule has 0 aliphatic rings. The lowest BCUT2D eigenvalue weighted by Gasteiger charge is -2.13. The van der Waals surface area contributed by atoms with Crippen LogP contribution in [0, 0.1) is 0 Å². The fourth-order valence-electron chi connectivity index (χ4n) is 1.90. The zero-order chi connectivity index (χ0) is 16.4. The second-order valence-corrected chi connectivity index (χ2v) is 5.11. The molecule has 0 aromatic rings. The van der Waals surface area contributed by atoms with Crippen molar-refractivity contribution in [1.82, 2.24) is 10.6 Å². The van der Waals surface area contributed by atoms with Gasteiger partial charge in [0.25, 0.3) is 0 Å². The Kier molecular flexibility index (Phi) is 9.18. The molecular weight excluding hydrogens is 258 g/mol. The highest BCUT2D eigenvalue weighted by Crippen LogP contribution is 2.15. The molecule has 0 atom stereocenters. The van der Waals surface area contributed by atoms with Crippen molar-refractivity contribution in [2.24, 2.45) is 4.99 Å². The van der Waals surface area contributed by atoms with Gasteiger partial charge in [-0.15, -0.1) is 0 Å². The molecule has 0 saturated heterocycles. The molecule has 0 fully saturated rings. The maximum absolute atomic E-state index is 4.44. The van der Waals surface area contributed by atoms with Crippen molar-refractivity contribution in [3.05, 3.63) is 46.8 Å². The molecule has 0 rings (SSSR count). The van der Waals surface area contributed by atoms with Crippen molar-refractivity contribution in [1.29, 1.82) is 0 Å². The van der Waals surface area contributed by atoms with E-state index in [1.807, 2.05) is 20.2 Å². The van der Waals surface area contributed by atoms with Gasteiger partial charge in [-0.2, -0.15) is 0 Å². The Morgan fingerprint density at radius 1 is 1.14 bits per heavy atom. The summed E-state index contributed by atoms with van der Waals surface area (Å²) in [6, 6.07) is 0. The van der Waals surface area contributed by atoms with Crippen molar-refractivity contribution in [3.63, 3.8) is 0 Å². The van der Waals surface area contributed by atoms with Gasteiger partial charge in [0.1, 0.15) is 0 Å². The maximum atomic E-state index is 4.44. The quantitative estimate of drug-likeness (QED) is 0.524. The summed E-state index contributed by atoms with van der Waals surface area (Å²) < 4.78 is 0. The lowest BCUT2D eigenvalue weighted by atomic mass is 9.99. The molecule has 0 aromatic heterocycles. The van der Waals surface area contributed by atoms with Crippen LogP contribution in [0.1, 0.15) is 41.0 Å². The summed E-state index contributed by atoms with van der Waals surface area (Å²) in [7, 11) is 3.74. The SMILES string of the molecule is C=C/C(=C\C(C)=C(/C)NCCC)C(=NC)/C(C)=C(\C)NC. The lowest BCUT2D eigenvalue weighted by Crippen LogP contribution is -2.14. The summed E-state index contributed by atoms with van der Waals surface area (Å²) in [5.74, 6) is 0. The third-order valence-corrected chi connectivity index (χ3v) is 3.61. The first kappa shape index (κ1) is 19.2. The number of hydrogen-bond acceptors (Lipinski definition) is 3. The zero-order valence-corrected chi connectivity index (χ0v) is 14.7. The molecule has 0 spiro atoms. The minimum Gasteiger partial charge on any atom is -0.391 e. The molecule has 2 N–H and O–H groups in total. The number of aliphatic imine (C=N–C) groups is 1. The van der Waals surface area contributed by atoms with Crippen LogP contribution in [0.2, 0.25) is 0 Å². The fraction of sp³-hybridized carbons (Fsp3) is 0.500. The van der Waals surface area contributed by atoms with Crippen LogP contribution in [0.4, 0.5) is 0 Å².